The van der Waals surface area contributed by atoms with Crippen molar-refractivity contribution in [1.82, 2.24) is 0 Å². The Bertz CT molecular complexity index is 819. The average Bonchev–Trinajstić information content (AvgIpc) is 2.68. The minimum absolute atomic E-state index is 0.119. The number of methoxy groups -OCH3 is 2. The van der Waals surface area contributed by atoms with Crippen LogP contribution in [0.15, 0.2) is 47.6 Å². The Kier molecular flexibility index (Phi) is 6.87. The molecule has 0 aliphatic rings. The summed E-state index contributed by atoms with van der Waals surface area (Å²) in [6, 6.07) is 10.6. The minimum Gasteiger partial charge on any atom is -0.497 e. The number of carbonyl (C=O) groups excluding carboxylic acids is 1. The molecule has 8 nitrogen and oxygen atoms in total. The zero-order chi connectivity index (χ0) is 19.8. The van der Waals surface area contributed by atoms with E-state index >= 15 is 0 Å². The van der Waals surface area contributed by atoms with E-state index in [0.717, 1.165) is 0 Å². The number of nitrogens with one attached hydrogen (secondary N) is 1. The molecular formula is C19H20N2O6. The first-order chi connectivity index (χ1) is 13.0. The molecule has 0 heterocycles. The van der Waals surface area contributed by atoms with Gasteiger partial charge in [0.05, 0.1) is 19.8 Å². The molecular weight excluding hydrogens is 352 g/mol. The summed E-state index contributed by atoms with van der Waals surface area (Å²) in [6.45, 7) is 0. The number of anilines is 1. The third kappa shape index (κ3) is 5.27. The summed E-state index contributed by atoms with van der Waals surface area (Å²) >= 11 is 0. The van der Waals surface area contributed by atoms with Crippen molar-refractivity contribution in [3.63, 3.8) is 0 Å². The molecule has 2 rings (SSSR count). The molecule has 27 heavy (non-hydrogen) atoms. The molecule has 2 aromatic rings. The lowest BCUT2D eigenvalue weighted by molar-refractivity contribution is -0.137. The van der Waals surface area contributed by atoms with Crippen LogP contribution < -0.4 is 14.8 Å². The number of nitroso groups, excluding NO2 is 1. The number of nitrogens with zero attached hydrogens (tertiary/aromatic N) is 1. The van der Waals surface area contributed by atoms with Crippen LogP contribution in [0.4, 0.5) is 5.69 Å². The summed E-state index contributed by atoms with van der Waals surface area (Å²) in [5, 5.41) is 14.4. The number of benzene rings is 2. The van der Waals surface area contributed by atoms with Gasteiger partial charge in [-0.3, -0.25) is 9.59 Å². The van der Waals surface area contributed by atoms with E-state index in [1.165, 1.54) is 14.2 Å². The van der Waals surface area contributed by atoms with Gasteiger partial charge >= 0.3 is 5.97 Å². The van der Waals surface area contributed by atoms with Crippen molar-refractivity contribution in [3.05, 3.63) is 58.5 Å². The van der Waals surface area contributed by atoms with Gasteiger partial charge in [-0.15, -0.1) is 0 Å². The highest BCUT2D eigenvalue weighted by Gasteiger charge is 2.16. The first-order valence-electron chi connectivity index (χ1n) is 8.16. The quantitative estimate of drug-likeness (QED) is 0.650. The SMILES string of the molecule is COc1ccc(C(=O)Nc2ccc(C(CCC(=O)O)N=O)cc2)c(OC)c1. The molecule has 0 fully saturated rings. The molecule has 0 aromatic heterocycles. The van der Waals surface area contributed by atoms with Gasteiger partial charge in [-0.2, -0.15) is 4.91 Å². The molecule has 0 radical (unpaired) electrons. The number of hydrogen-bond acceptors (Lipinski definition) is 6. The fraction of sp³-hybridized carbons (Fsp3) is 0.263. The van der Waals surface area contributed by atoms with Crippen molar-refractivity contribution in [2.45, 2.75) is 18.9 Å². The number of carbonyl (C=O) groups is 2. The monoisotopic (exact) mass is 372 g/mol. The molecule has 0 saturated carbocycles. The number of ether oxygens (including phenoxy) is 2. The molecule has 0 spiro atoms. The molecule has 2 aromatic carbocycles. The van der Waals surface area contributed by atoms with Gasteiger partial charge in [0.1, 0.15) is 17.5 Å². The maximum absolute atomic E-state index is 12.5. The Morgan fingerprint density at radius 1 is 1.11 bits per heavy atom. The van der Waals surface area contributed by atoms with Crippen LogP contribution >= 0.6 is 0 Å². The predicted molar refractivity (Wildman–Crippen MR) is 99.3 cm³/mol. The Morgan fingerprint density at radius 2 is 1.81 bits per heavy atom. The number of carboxylic acids is 1. The summed E-state index contributed by atoms with van der Waals surface area (Å²) in [4.78, 5) is 34.1. The van der Waals surface area contributed by atoms with Gasteiger partial charge in [0.25, 0.3) is 5.91 Å². The fourth-order valence-electron chi connectivity index (χ4n) is 2.51. The summed E-state index contributed by atoms with van der Waals surface area (Å²) in [5.74, 6) is -0.400. The van der Waals surface area contributed by atoms with Crippen LogP contribution in [0, 0.1) is 4.91 Å². The molecule has 1 unspecified atom stereocenters. The van der Waals surface area contributed by atoms with Gasteiger partial charge in [0.2, 0.25) is 0 Å². The standard InChI is InChI=1S/C19H20N2O6/c1-26-14-7-8-15(17(11-14)27-2)19(24)20-13-5-3-12(4-6-13)16(21-25)9-10-18(22)23/h3-8,11,16H,9-10H2,1-2H3,(H,20,24)(H,22,23). The van der Waals surface area contributed by atoms with E-state index in [4.69, 9.17) is 14.6 Å². The first-order valence-corrected chi connectivity index (χ1v) is 8.16. The van der Waals surface area contributed by atoms with E-state index in [2.05, 4.69) is 10.5 Å². The molecule has 1 amide bonds. The van der Waals surface area contributed by atoms with Gasteiger partial charge in [0, 0.05) is 18.2 Å². The lowest BCUT2D eigenvalue weighted by Gasteiger charge is -2.12. The van der Waals surface area contributed by atoms with Crippen molar-refractivity contribution in [1.29, 1.82) is 0 Å². The number of amides is 1. The Morgan fingerprint density at radius 3 is 2.37 bits per heavy atom. The summed E-state index contributed by atoms with van der Waals surface area (Å²) in [5.41, 5.74) is 1.45. The van der Waals surface area contributed by atoms with Crippen LogP contribution in [0.2, 0.25) is 0 Å². The summed E-state index contributed by atoms with van der Waals surface area (Å²) in [7, 11) is 2.98. The molecule has 0 aliphatic heterocycles. The Balaban J connectivity index is 2.10. The lowest BCUT2D eigenvalue weighted by Crippen LogP contribution is -2.13. The third-order valence-corrected chi connectivity index (χ3v) is 3.97. The Hall–Kier alpha value is -3.42. The fourth-order valence-corrected chi connectivity index (χ4v) is 2.51. The highest BCUT2D eigenvalue weighted by atomic mass is 16.5. The predicted octanol–water partition coefficient (Wildman–Crippen LogP) is 3.63. The zero-order valence-corrected chi connectivity index (χ0v) is 15.0. The molecule has 0 saturated heterocycles. The van der Waals surface area contributed by atoms with Crippen molar-refractivity contribution >= 4 is 17.6 Å². The van der Waals surface area contributed by atoms with Crippen molar-refractivity contribution in [2.24, 2.45) is 5.18 Å². The molecule has 8 heteroatoms. The van der Waals surface area contributed by atoms with Crippen LogP contribution in [-0.4, -0.2) is 31.2 Å². The lowest BCUT2D eigenvalue weighted by atomic mass is 10.0. The van der Waals surface area contributed by atoms with Crippen LogP contribution in [0.3, 0.4) is 0 Å². The number of hydrogen-bond donors (Lipinski definition) is 2. The van der Waals surface area contributed by atoms with Gasteiger partial charge < -0.3 is 19.9 Å². The van der Waals surface area contributed by atoms with Crippen LogP contribution in [0.1, 0.15) is 34.8 Å². The maximum atomic E-state index is 12.5. The van der Waals surface area contributed by atoms with Gasteiger partial charge in [0.15, 0.2) is 0 Å². The molecule has 0 bridgehead atoms. The van der Waals surface area contributed by atoms with E-state index in [9.17, 15) is 14.5 Å². The van der Waals surface area contributed by atoms with E-state index in [-0.39, 0.29) is 18.7 Å². The van der Waals surface area contributed by atoms with Gasteiger partial charge in [-0.1, -0.05) is 17.3 Å². The molecule has 142 valence electrons. The van der Waals surface area contributed by atoms with E-state index in [1.807, 2.05) is 0 Å². The number of aliphatic carboxylic acids is 1. The van der Waals surface area contributed by atoms with Crippen LogP contribution in [0.5, 0.6) is 11.5 Å². The topological polar surface area (TPSA) is 114 Å². The highest BCUT2D eigenvalue weighted by Crippen LogP contribution is 2.27. The van der Waals surface area contributed by atoms with E-state index < -0.39 is 12.0 Å². The van der Waals surface area contributed by atoms with Gasteiger partial charge in [-0.25, -0.2) is 0 Å². The van der Waals surface area contributed by atoms with Crippen molar-refractivity contribution < 1.29 is 24.2 Å². The Labute approximate surface area is 156 Å². The largest absolute Gasteiger partial charge is 0.497 e. The minimum atomic E-state index is -0.985. The van der Waals surface area contributed by atoms with Gasteiger partial charge in [-0.05, 0) is 36.2 Å². The number of carboxylic acid groups (broad SMARTS) is 1. The number of rotatable bonds is 9. The second-order valence-electron chi connectivity index (χ2n) is 5.70. The third-order valence-electron chi connectivity index (χ3n) is 3.97. The highest BCUT2D eigenvalue weighted by molar-refractivity contribution is 6.06. The summed E-state index contributed by atoms with van der Waals surface area (Å²) < 4.78 is 10.3. The molecule has 0 aliphatic carbocycles. The van der Waals surface area contributed by atoms with Crippen molar-refractivity contribution in [2.75, 3.05) is 19.5 Å². The first kappa shape index (κ1) is 19.9. The van der Waals surface area contributed by atoms with Crippen LogP contribution in [-0.2, 0) is 4.79 Å². The average molecular weight is 372 g/mol. The van der Waals surface area contributed by atoms with E-state index in [1.54, 1.807) is 42.5 Å². The molecule has 1 atom stereocenters. The summed E-state index contributed by atoms with van der Waals surface area (Å²) in [6.07, 6.45) is -0.0280. The normalized spacial score (nSPS) is 11.3. The van der Waals surface area contributed by atoms with Crippen molar-refractivity contribution in [3.8, 4) is 11.5 Å². The zero-order valence-electron chi connectivity index (χ0n) is 15.0. The second-order valence-corrected chi connectivity index (χ2v) is 5.70. The van der Waals surface area contributed by atoms with Crippen LogP contribution in [0.25, 0.3) is 0 Å². The molecule has 2 N–H and O–H groups in total. The smallest absolute Gasteiger partial charge is 0.303 e. The maximum Gasteiger partial charge on any atom is 0.303 e. The second kappa shape index (κ2) is 9.33. The van der Waals surface area contributed by atoms with E-state index in [0.29, 0.717) is 28.3 Å².